The van der Waals surface area contributed by atoms with Crippen LogP contribution in [0, 0.1) is 31.1 Å². The highest BCUT2D eigenvalue weighted by atomic mass is 16.5. The Morgan fingerprint density at radius 1 is 0.794 bits per heavy atom. The minimum absolute atomic E-state index is 0.387. The molecule has 34 heavy (non-hydrogen) atoms. The van der Waals surface area contributed by atoms with E-state index < -0.39 is 0 Å². The number of benzene rings is 2. The van der Waals surface area contributed by atoms with Gasteiger partial charge in [0, 0.05) is 0 Å². The first-order chi connectivity index (χ1) is 16.3. The average Bonchev–Trinajstić information content (AvgIpc) is 2.80. The van der Waals surface area contributed by atoms with Crippen molar-refractivity contribution in [1.29, 1.82) is 0 Å². The van der Waals surface area contributed by atoms with Crippen molar-refractivity contribution in [3.05, 3.63) is 65.2 Å². The number of hydrogen-bond acceptors (Lipinski definition) is 1. The predicted molar refractivity (Wildman–Crippen MR) is 150 cm³/mol. The molecule has 1 nitrogen and oxygen atoms in total. The van der Waals surface area contributed by atoms with E-state index in [1.54, 1.807) is 0 Å². The van der Waals surface area contributed by atoms with Crippen LogP contribution < -0.4 is 4.74 Å². The van der Waals surface area contributed by atoms with E-state index in [0.29, 0.717) is 5.41 Å². The van der Waals surface area contributed by atoms with Crippen LogP contribution in [-0.4, -0.2) is 6.61 Å². The van der Waals surface area contributed by atoms with E-state index in [1.807, 2.05) is 0 Å². The van der Waals surface area contributed by atoms with Gasteiger partial charge in [0.25, 0.3) is 0 Å². The van der Waals surface area contributed by atoms with Crippen LogP contribution in [0.4, 0.5) is 0 Å². The van der Waals surface area contributed by atoms with Gasteiger partial charge in [-0.15, -0.1) is 0 Å². The van der Waals surface area contributed by atoms with Crippen LogP contribution in [0.3, 0.4) is 0 Å². The highest BCUT2D eigenvalue weighted by Gasteiger charge is 2.26. The Kier molecular flexibility index (Phi) is 12.8. The van der Waals surface area contributed by atoms with Crippen molar-refractivity contribution in [2.24, 2.45) is 17.3 Å². The maximum atomic E-state index is 6.15. The van der Waals surface area contributed by atoms with Crippen LogP contribution in [0.25, 0.3) is 0 Å². The lowest BCUT2D eigenvalue weighted by molar-refractivity contribution is 0.181. The van der Waals surface area contributed by atoms with Gasteiger partial charge in [-0.2, -0.15) is 0 Å². The Hall–Kier alpha value is -1.76. The molecule has 0 aromatic heterocycles. The molecule has 2 aromatic rings. The molecule has 2 aromatic carbocycles. The zero-order chi connectivity index (χ0) is 24.8. The molecule has 0 aliphatic carbocycles. The first kappa shape index (κ1) is 28.5. The molecule has 0 N–H and O–H groups in total. The fraction of sp³-hybridized carbons (Fsp3) is 0.636. The van der Waals surface area contributed by atoms with Gasteiger partial charge in [0.2, 0.25) is 0 Å². The van der Waals surface area contributed by atoms with Crippen LogP contribution in [0.1, 0.15) is 109 Å². The van der Waals surface area contributed by atoms with Gasteiger partial charge >= 0.3 is 0 Å². The first-order valence-corrected chi connectivity index (χ1v) is 14.1. The van der Waals surface area contributed by atoms with E-state index in [1.165, 1.54) is 80.9 Å². The highest BCUT2D eigenvalue weighted by molar-refractivity contribution is 5.39. The zero-order valence-corrected chi connectivity index (χ0v) is 23.2. The molecule has 2 rings (SSSR count). The maximum Gasteiger partial charge on any atom is 0.125 e. The van der Waals surface area contributed by atoms with Gasteiger partial charge in [-0.1, -0.05) is 115 Å². The molecule has 0 bridgehead atoms. The van der Waals surface area contributed by atoms with Crippen LogP contribution in [0.2, 0.25) is 0 Å². The molecule has 2 unspecified atom stereocenters. The number of hydrogen-bond donors (Lipinski definition) is 0. The lowest BCUT2D eigenvalue weighted by Crippen LogP contribution is -2.23. The lowest BCUT2D eigenvalue weighted by atomic mass is 9.72. The fourth-order valence-electron chi connectivity index (χ4n) is 5.47. The monoisotopic (exact) mass is 464 g/mol. The van der Waals surface area contributed by atoms with Gasteiger partial charge in [0.15, 0.2) is 0 Å². The van der Waals surface area contributed by atoms with Crippen molar-refractivity contribution in [3.8, 4) is 5.75 Å². The molecule has 0 spiro atoms. The molecule has 0 saturated carbocycles. The molecule has 0 aliphatic rings. The van der Waals surface area contributed by atoms with E-state index in [0.717, 1.165) is 30.6 Å². The maximum absolute atomic E-state index is 6.15. The molecule has 0 saturated heterocycles. The Labute approximate surface area is 211 Å². The summed E-state index contributed by atoms with van der Waals surface area (Å²) < 4.78 is 6.15. The number of unbranched alkanes of at least 4 members (excludes halogenated alkanes) is 5. The van der Waals surface area contributed by atoms with E-state index in [9.17, 15) is 0 Å². The third-order valence-electron chi connectivity index (χ3n) is 7.60. The van der Waals surface area contributed by atoms with Crippen LogP contribution in [0.15, 0.2) is 48.5 Å². The molecule has 0 fully saturated rings. The summed E-state index contributed by atoms with van der Waals surface area (Å²) in [5, 5.41) is 0. The van der Waals surface area contributed by atoms with Crippen LogP contribution >= 0.6 is 0 Å². The number of para-hydroxylation sites is 1. The minimum atomic E-state index is 0.387. The lowest BCUT2D eigenvalue weighted by Gasteiger charge is -2.33. The Bertz CT molecular complexity index is 771. The van der Waals surface area contributed by atoms with Crippen molar-refractivity contribution in [1.82, 2.24) is 0 Å². The molecular formula is C33H52O. The summed E-state index contributed by atoms with van der Waals surface area (Å²) in [6.45, 7) is 14.9. The summed E-state index contributed by atoms with van der Waals surface area (Å²) in [7, 11) is 0. The number of aryl methyl sites for hydroxylation is 2. The predicted octanol–water partition coefficient (Wildman–Crippen LogP) is 10.1. The van der Waals surface area contributed by atoms with Crippen molar-refractivity contribution in [2.75, 3.05) is 6.61 Å². The second kappa shape index (κ2) is 15.3. The van der Waals surface area contributed by atoms with Gasteiger partial charge in [0.05, 0.1) is 6.61 Å². The van der Waals surface area contributed by atoms with Gasteiger partial charge in [-0.05, 0) is 79.9 Å². The number of rotatable bonds is 17. The molecular weight excluding hydrogens is 412 g/mol. The standard InChI is InChI=1S/C33H52O/c1-7-8-9-10-14-22-31(29(4)25-30-20-12-11-13-21-30)26-33(5,6)23-15-16-24-34-32-27(2)18-17-19-28(32)3/h11-13,17-21,29,31H,7-10,14-16,22-26H2,1-6H3. The quantitative estimate of drug-likeness (QED) is 0.212. The Balaban J connectivity index is 1.84. The summed E-state index contributed by atoms with van der Waals surface area (Å²) in [5.74, 6) is 2.63. The Morgan fingerprint density at radius 2 is 1.47 bits per heavy atom. The van der Waals surface area contributed by atoms with E-state index in [-0.39, 0.29) is 0 Å². The molecule has 0 amide bonds. The highest BCUT2D eigenvalue weighted by Crippen LogP contribution is 2.37. The summed E-state index contributed by atoms with van der Waals surface area (Å²) >= 11 is 0. The second-order valence-electron chi connectivity index (χ2n) is 11.5. The first-order valence-electron chi connectivity index (χ1n) is 14.1. The minimum Gasteiger partial charge on any atom is -0.493 e. The summed E-state index contributed by atoms with van der Waals surface area (Å²) in [4.78, 5) is 0. The Morgan fingerprint density at radius 3 is 2.15 bits per heavy atom. The molecule has 1 heteroatoms. The summed E-state index contributed by atoms with van der Waals surface area (Å²) in [5.41, 5.74) is 4.37. The molecule has 0 radical (unpaired) electrons. The van der Waals surface area contributed by atoms with Crippen molar-refractivity contribution in [3.63, 3.8) is 0 Å². The zero-order valence-electron chi connectivity index (χ0n) is 23.2. The van der Waals surface area contributed by atoms with Crippen molar-refractivity contribution < 1.29 is 4.74 Å². The summed E-state index contributed by atoms with van der Waals surface area (Å²) in [6.07, 6.45) is 14.5. The molecule has 190 valence electrons. The van der Waals surface area contributed by atoms with Crippen molar-refractivity contribution >= 4 is 0 Å². The second-order valence-corrected chi connectivity index (χ2v) is 11.5. The van der Waals surface area contributed by atoms with Crippen molar-refractivity contribution in [2.45, 2.75) is 112 Å². The average molecular weight is 465 g/mol. The van der Waals surface area contributed by atoms with Gasteiger partial charge in [-0.25, -0.2) is 0 Å². The molecule has 2 atom stereocenters. The third kappa shape index (κ3) is 10.7. The smallest absolute Gasteiger partial charge is 0.125 e. The van der Waals surface area contributed by atoms with E-state index in [2.05, 4.69) is 90.1 Å². The topological polar surface area (TPSA) is 9.23 Å². The van der Waals surface area contributed by atoms with E-state index in [4.69, 9.17) is 4.74 Å². The molecule has 0 aliphatic heterocycles. The molecule has 0 heterocycles. The fourth-order valence-corrected chi connectivity index (χ4v) is 5.47. The van der Waals surface area contributed by atoms with Crippen LogP contribution in [-0.2, 0) is 6.42 Å². The summed E-state index contributed by atoms with van der Waals surface area (Å²) in [6, 6.07) is 17.5. The normalized spacial score (nSPS) is 13.6. The largest absolute Gasteiger partial charge is 0.493 e. The van der Waals surface area contributed by atoms with Gasteiger partial charge < -0.3 is 4.74 Å². The number of ether oxygens (including phenoxy) is 1. The SMILES string of the molecule is CCCCCCCC(CC(C)(C)CCCCOc1c(C)cccc1C)C(C)Cc1ccccc1. The van der Waals surface area contributed by atoms with Gasteiger partial charge in [-0.3, -0.25) is 0 Å². The van der Waals surface area contributed by atoms with Gasteiger partial charge in [0.1, 0.15) is 5.75 Å². The van der Waals surface area contributed by atoms with Crippen LogP contribution in [0.5, 0.6) is 5.75 Å². The third-order valence-corrected chi connectivity index (χ3v) is 7.60. The van der Waals surface area contributed by atoms with E-state index >= 15 is 0 Å².